The van der Waals surface area contributed by atoms with E-state index in [-0.39, 0.29) is 18.5 Å². The first-order chi connectivity index (χ1) is 8.56. The summed E-state index contributed by atoms with van der Waals surface area (Å²) in [4.78, 5) is 13.1. The molecule has 0 saturated carbocycles. The van der Waals surface area contributed by atoms with Crippen molar-refractivity contribution in [1.29, 1.82) is 0 Å². The van der Waals surface area contributed by atoms with Crippen molar-refractivity contribution in [1.82, 2.24) is 4.90 Å². The Morgan fingerprint density at radius 1 is 1.39 bits per heavy atom. The van der Waals surface area contributed by atoms with Gasteiger partial charge in [0.05, 0.1) is 13.0 Å². The number of aliphatic carboxylic acids is 1. The molecule has 1 aromatic carbocycles. The second kappa shape index (κ2) is 7.13. The number of carboxylic acid groups (broad SMARTS) is 1. The highest BCUT2D eigenvalue weighted by atomic mass is 16.5. The van der Waals surface area contributed by atoms with Gasteiger partial charge in [-0.2, -0.15) is 0 Å². The predicted octanol–water partition coefficient (Wildman–Crippen LogP) is 2.17. The van der Waals surface area contributed by atoms with Crippen LogP contribution in [0, 0.1) is 0 Å². The lowest BCUT2D eigenvalue weighted by Crippen LogP contribution is -2.37. The monoisotopic (exact) mass is 251 g/mol. The molecule has 0 aliphatic heterocycles. The van der Waals surface area contributed by atoms with Crippen LogP contribution in [-0.2, 0) is 9.53 Å². The van der Waals surface area contributed by atoms with Crippen LogP contribution in [0.15, 0.2) is 30.3 Å². The minimum Gasteiger partial charge on any atom is -0.481 e. The third kappa shape index (κ3) is 4.13. The quantitative estimate of drug-likeness (QED) is 0.807. The maximum Gasteiger partial charge on any atom is 0.305 e. The third-order valence-electron chi connectivity index (χ3n) is 3.15. The summed E-state index contributed by atoms with van der Waals surface area (Å²) in [7, 11) is 3.59. The number of nitrogens with zero attached hydrogens (tertiary/aromatic N) is 1. The average Bonchev–Trinajstić information content (AvgIpc) is 2.36. The fourth-order valence-electron chi connectivity index (χ4n) is 2.00. The number of methoxy groups -OCH3 is 1. The molecular weight excluding hydrogens is 230 g/mol. The van der Waals surface area contributed by atoms with Gasteiger partial charge in [0, 0.05) is 19.2 Å². The molecule has 2 atom stereocenters. The molecule has 0 saturated heterocycles. The van der Waals surface area contributed by atoms with Gasteiger partial charge in [0.25, 0.3) is 0 Å². The molecule has 18 heavy (non-hydrogen) atoms. The van der Waals surface area contributed by atoms with Crippen LogP contribution in [0.3, 0.4) is 0 Å². The van der Waals surface area contributed by atoms with Crippen molar-refractivity contribution in [3.8, 4) is 0 Å². The lowest BCUT2D eigenvalue weighted by atomic mass is 10.0. The zero-order valence-corrected chi connectivity index (χ0v) is 11.2. The third-order valence-corrected chi connectivity index (χ3v) is 3.15. The second-order valence-electron chi connectivity index (χ2n) is 4.49. The van der Waals surface area contributed by atoms with Crippen LogP contribution in [0.4, 0.5) is 0 Å². The zero-order valence-electron chi connectivity index (χ0n) is 11.2. The fourth-order valence-corrected chi connectivity index (χ4v) is 2.00. The van der Waals surface area contributed by atoms with Gasteiger partial charge >= 0.3 is 5.97 Å². The SMILES string of the molecule is COCC(C)N(C)C(CC(=O)O)c1ccccc1. The van der Waals surface area contributed by atoms with E-state index in [0.717, 1.165) is 5.56 Å². The van der Waals surface area contributed by atoms with Gasteiger partial charge in [0.15, 0.2) is 0 Å². The number of likely N-dealkylation sites (N-methyl/N-ethyl adjacent to an activating group) is 1. The molecule has 4 heteroatoms. The van der Waals surface area contributed by atoms with Crippen LogP contribution in [-0.4, -0.2) is 42.8 Å². The van der Waals surface area contributed by atoms with Gasteiger partial charge in [-0.25, -0.2) is 0 Å². The summed E-state index contributed by atoms with van der Waals surface area (Å²) in [6.45, 7) is 2.61. The molecule has 1 aromatic rings. The molecule has 0 aliphatic rings. The Morgan fingerprint density at radius 3 is 2.50 bits per heavy atom. The van der Waals surface area contributed by atoms with Crippen LogP contribution in [0.25, 0.3) is 0 Å². The molecule has 0 radical (unpaired) electrons. The summed E-state index contributed by atoms with van der Waals surface area (Å²) in [5.74, 6) is -0.791. The van der Waals surface area contributed by atoms with E-state index in [4.69, 9.17) is 9.84 Å². The lowest BCUT2D eigenvalue weighted by Gasteiger charge is -2.32. The molecule has 1 N–H and O–H groups in total. The molecule has 4 nitrogen and oxygen atoms in total. The van der Waals surface area contributed by atoms with E-state index >= 15 is 0 Å². The number of carbonyl (C=O) groups is 1. The second-order valence-corrected chi connectivity index (χ2v) is 4.49. The zero-order chi connectivity index (χ0) is 13.5. The maximum atomic E-state index is 11.0. The van der Waals surface area contributed by atoms with Crippen molar-refractivity contribution >= 4 is 5.97 Å². The van der Waals surface area contributed by atoms with Crippen molar-refractivity contribution in [3.63, 3.8) is 0 Å². The molecule has 2 unspecified atom stereocenters. The lowest BCUT2D eigenvalue weighted by molar-refractivity contribution is -0.138. The standard InChI is InChI=1S/C14H21NO3/c1-11(10-18-3)15(2)13(9-14(16)17)12-7-5-4-6-8-12/h4-8,11,13H,9-10H2,1-3H3,(H,16,17). The first-order valence-electron chi connectivity index (χ1n) is 6.04. The largest absolute Gasteiger partial charge is 0.481 e. The molecule has 0 bridgehead atoms. The summed E-state index contributed by atoms with van der Waals surface area (Å²) in [6.07, 6.45) is 0.0918. The molecule has 0 aliphatic carbocycles. The fraction of sp³-hybridized carbons (Fsp3) is 0.500. The Bertz CT molecular complexity index is 367. The minimum absolute atomic E-state index is 0.0918. The predicted molar refractivity (Wildman–Crippen MR) is 70.5 cm³/mol. The Labute approximate surface area is 108 Å². The highest BCUT2D eigenvalue weighted by Crippen LogP contribution is 2.24. The smallest absolute Gasteiger partial charge is 0.305 e. The van der Waals surface area contributed by atoms with Crippen molar-refractivity contribution < 1.29 is 14.6 Å². The summed E-state index contributed by atoms with van der Waals surface area (Å²) in [5, 5.41) is 9.05. The first kappa shape index (κ1) is 14.7. The van der Waals surface area contributed by atoms with Crippen molar-refractivity contribution in [2.45, 2.75) is 25.4 Å². The van der Waals surface area contributed by atoms with E-state index < -0.39 is 5.97 Å². The molecular formula is C14H21NO3. The number of carboxylic acids is 1. The van der Waals surface area contributed by atoms with Crippen molar-refractivity contribution in [2.75, 3.05) is 20.8 Å². The van der Waals surface area contributed by atoms with Crippen molar-refractivity contribution in [3.05, 3.63) is 35.9 Å². The van der Waals surface area contributed by atoms with Gasteiger partial charge in [0.1, 0.15) is 0 Å². The molecule has 1 rings (SSSR count). The average molecular weight is 251 g/mol. The first-order valence-corrected chi connectivity index (χ1v) is 6.04. The number of rotatable bonds is 7. The van der Waals surface area contributed by atoms with Crippen LogP contribution >= 0.6 is 0 Å². The summed E-state index contributed by atoms with van der Waals surface area (Å²) in [5.41, 5.74) is 1.02. The van der Waals surface area contributed by atoms with E-state index in [1.54, 1.807) is 7.11 Å². The topological polar surface area (TPSA) is 49.8 Å². The molecule has 0 heterocycles. The van der Waals surface area contributed by atoms with Gasteiger partial charge in [-0.3, -0.25) is 9.69 Å². The Balaban J connectivity index is 2.88. The van der Waals surface area contributed by atoms with E-state index in [9.17, 15) is 4.79 Å². The van der Waals surface area contributed by atoms with Crippen LogP contribution in [0.1, 0.15) is 24.9 Å². The van der Waals surface area contributed by atoms with E-state index in [2.05, 4.69) is 0 Å². The molecule has 0 fully saturated rings. The molecule has 0 amide bonds. The van der Waals surface area contributed by atoms with Gasteiger partial charge in [-0.05, 0) is 19.5 Å². The van der Waals surface area contributed by atoms with Gasteiger partial charge < -0.3 is 9.84 Å². The van der Waals surface area contributed by atoms with E-state index in [1.807, 2.05) is 49.2 Å². The summed E-state index contributed by atoms with van der Waals surface area (Å²) < 4.78 is 5.13. The number of ether oxygens (including phenoxy) is 1. The number of hydrogen-bond acceptors (Lipinski definition) is 3. The van der Waals surface area contributed by atoms with Gasteiger partial charge in [-0.15, -0.1) is 0 Å². The highest BCUT2D eigenvalue weighted by molar-refractivity contribution is 5.67. The Hall–Kier alpha value is -1.39. The molecule has 0 spiro atoms. The van der Waals surface area contributed by atoms with E-state index in [1.165, 1.54) is 0 Å². The minimum atomic E-state index is -0.791. The summed E-state index contributed by atoms with van der Waals surface area (Å²) in [6, 6.07) is 9.75. The number of benzene rings is 1. The van der Waals surface area contributed by atoms with Crippen molar-refractivity contribution in [2.24, 2.45) is 0 Å². The van der Waals surface area contributed by atoms with Gasteiger partial charge in [0.2, 0.25) is 0 Å². The highest BCUT2D eigenvalue weighted by Gasteiger charge is 2.23. The maximum absolute atomic E-state index is 11.0. The normalized spacial score (nSPS) is 14.4. The molecule has 0 aromatic heterocycles. The van der Waals surface area contributed by atoms with E-state index in [0.29, 0.717) is 6.61 Å². The Kier molecular flexibility index (Phi) is 5.82. The Morgan fingerprint density at radius 2 is 2.00 bits per heavy atom. The van der Waals surface area contributed by atoms with Gasteiger partial charge in [-0.1, -0.05) is 30.3 Å². The number of hydrogen-bond donors (Lipinski definition) is 1. The van der Waals surface area contributed by atoms with Crippen LogP contribution in [0.2, 0.25) is 0 Å². The molecule has 100 valence electrons. The van der Waals surface area contributed by atoms with Crippen LogP contribution in [0.5, 0.6) is 0 Å². The van der Waals surface area contributed by atoms with Crippen LogP contribution < -0.4 is 0 Å². The summed E-state index contributed by atoms with van der Waals surface area (Å²) >= 11 is 0.